The van der Waals surface area contributed by atoms with Crippen LogP contribution in [0.5, 0.6) is 0 Å². The highest BCUT2D eigenvalue weighted by atomic mass is 32.1. The third-order valence-corrected chi connectivity index (χ3v) is 5.88. The maximum atomic E-state index is 5.99. The summed E-state index contributed by atoms with van der Waals surface area (Å²) in [5.74, 6) is 1.57. The predicted octanol–water partition coefficient (Wildman–Crippen LogP) is 4.22. The Bertz CT molecular complexity index is 1050. The summed E-state index contributed by atoms with van der Waals surface area (Å²) in [4.78, 5) is 1.91. The lowest BCUT2D eigenvalue weighted by Gasteiger charge is -1.92. The van der Waals surface area contributed by atoms with Gasteiger partial charge in [0.25, 0.3) is 0 Å². The van der Waals surface area contributed by atoms with Gasteiger partial charge < -0.3 is 8.83 Å². The first-order chi connectivity index (χ1) is 11.7. The lowest BCUT2D eigenvalue weighted by molar-refractivity contribution is 0.630. The van der Waals surface area contributed by atoms with Crippen LogP contribution in [0.3, 0.4) is 0 Å². The van der Waals surface area contributed by atoms with Crippen LogP contribution in [0.4, 0.5) is 0 Å². The topological polar surface area (TPSA) is 26.3 Å². The molecule has 0 saturated carbocycles. The lowest BCUT2D eigenvalue weighted by Crippen LogP contribution is -1.99. The zero-order chi connectivity index (χ0) is 16.3. The molecule has 0 aliphatic rings. The summed E-state index contributed by atoms with van der Waals surface area (Å²) < 4.78 is 12.0. The van der Waals surface area contributed by atoms with Gasteiger partial charge in [-0.2, -0.15) is 0 Å². The van der Waals surface area contributed by atoms with Crippen LogP contribution in [0.25, 0.3) is 43.2 Å². The lowest BCUT2D eigenvalue weighted by atomic mass is 9.96. The zero-order valence-electron chi connectivity index (χ0n) is 12.4. The average Bonchev–Trinajstić information content (AvgIpc) is 3.29. The van der Waals surface area contributed by atoms with E-state index in [0.717, 1.165) is 54.1 Å². The van der Waals surface area contributed by atoms with Gasteiger partial charge in [0.15, 0.2) is 0 Å². The first kappa shape index (κ1) is 14.2. The molecule has 0 atom stereocenters. The summed E-state index contributed by atoms with van der Waals surface area (Å²) in [6.07, 6.45) is 0. The zero-order valence-corrected chi connectivity index (χ0v) is 14.0. The van der Waals surface area contributed by atoms with E-state index in [9.17, 15) is 0 Å². The Labute approximate surface area is 148 Å². The van der Waals surface area contributed by atoms with Crippen LogP contribution in [0.15, 0.2) is 56.0 Å². The van der Waals surface area contributed by atoms with Gasteiger partial charge in [-0.05, 0) is 35.0 Å². The molecule has 110 valence electrons. The van der Waals surface area contributed by atoms with Gasteiger partial charge >= 0.3 is 0 Å². The highest BCUT2D eigenvalue weighted by Crippen LogP contribution is 2.35. The number of fused-ring (bicyclic) bond motifs is 2. The molecule has 4 heterocycles. The summed E-state index contributed by atoms with van der Waals surface area (Å²) in [5, 5.41) is 5.90. The van der Waals surface area contributed by atoms with Crippen molar-refractivity contribution in [3.8, 4) is 21.3 Å². The minimum atomic E-state index is 0.734. The molecule has 5 rings (SSSR count). The highest BCUT2D eigenvalue weighted by Gasteiger charge is 2.14. The summed E-state index contributed by atoms with van der Waals surface area (Å²) in [6.45, 7) is 0. The largest absolute Gasteiger partial charge is 0.455 e. The smallest absolute Gasteiger partial charge is 0.144 e. The standard InChI is InChI=1S/C18H8B2O2S2/c19-11-1-3-23-17(11)15-7-9-5-14-10(6-13(9)21-15)8-16(22-14)18-12(20)2-4-24-18/h1-8H. The number of hydrogen-bond donors (Lipinski definition) is 0. The molecule has 0 aliphatic carbocycles. The Balaban J connectivity index is 1.68. The molecule has 0 bridgehead atoms. The van der Waals surface area contributed by atoms with Crippen molar-refractivity contribution in [3.05, 3.63) is 47.2 Å². The molecule has 24 heavy (non-hydrogen) atoms. The van der Waals surface area contributed by atoms with E-state index in [-0.39, 0.29) is 0 Å². The molecule has 4 aromatic heterocycles. The Hall–Kier alpha value is -2.17. The number of benzene rings is 1. The first-order valence-corrected chi connectivity index (χ1v) is 9.09. The summed E-state index contributed by atoms with van der Waals surface area (Å²) >= 11 is 3.14. The number of thiophene rings is 2. The third kappa shape index (κ3) is 2.10. The van der Waals surface area contributed by atoms with Crippen molar-refractivity contribution in [2.75, 3.05) is 0 Å². The quantitative estimate of drug-likeness (QED) is 0.449. The van der Waals surface area contributed by atoms with E-state index in [2.05, 4.69) is 0 Å². The molecule has 0 unspecified atom stereocenters. The SMILES string of the molecule is [B]c1ccsc1-c1cc2cc3oc(-c4sccc4[B])cc3cc2o1. The van der Waals surface area contributed by atoms with Gasteiger partial charge in [-0.15, -0.1) is 22.7 Å². The van der Waals surface area contributed by atoms with Crippen molar-refractivity contribution in [3.63, 3.8) is 0 Å². The molecule has 0 aliphatic heterocycles. The van der Waals surface area contributed by atoms with Crippen LogP contribution < -0.4 is 10.9 Å². The molecule has 0 fully saturated rings. The van der Waals surface area contributed by atoms with Crippen LogP contribution in [0.2, 0.25) is 0 Å². The van der Waals surface area contributed by atoms with Gasteiger partial charge in [-0.25, -0.2) is 0 Å². The molecule has 4 radical (unpaired) electrons. The molecule has 0 saturated heterocycles. The fourth-order valence-electron chi connectivity index (χ4n) is 2.83. The van der Waals surface area contributed by atoms with E-state index < -0.39 is 0 Å². The second-order valence-corrected chi connectivity index (χ2v) is 7.39. The van der Waals surface area contributed by atoms with Crippen molar-refractivity contribution in [2.24, 2.45) is 0 Å². The van der Waals surface area contributed by atoms with Gasteiger partial charge in [0, 0.05) is 10.8 Å². The molecule has 6 heteroatoms. The van der Waals surface area contributed by atoms with Crippen LogP contribution in [-0.2, 0) is 0 Å². The van der Waals surface area contributed by atoms with Gasteiger partial charge in [-0.3, -0.25) is 0 Å². The maximum Gasteiger partial charge on any atom is 0.144 e. The molecular weight excluding hydrogens is 334 g/mol. The van der Waals surface area contributed by atoms with E-state index in [1.54, 1.807) is 22.7 Å². The summed E-state index contributed by atoms with van der Waals surface area (Å²) in [6, 6.07) is 11.8. The van der Waals surface area contributed by atoms with Gasteiger partial charge in [0.05, 0.1) is 9.75 Å². The first-order valence-electron chi connectivity index (χ1n) is 7.33. The van der Waals surface area contributed by atoms with E-state index in [1.165, 1.54) is 0 Å². The Morgan fingerprint density at radius 2 is 1.12 bits per heavy atom. The second kappa shape index (κ2) is 5.16. The van der Waals surface area contributed by atoms with E-state index >= 15 is 0 Å². The molecule has 5 aromatic rings. The molecule has 0 spiro atoms. The summed E-state index contributed by atoms with van der Waals surface area (Å²) in [5.41, 5.74) is 3.10. The van der Waals surface area contributed by atoms with Crippen molar-refractivity contribution in [2.45, 2.75) is 0 Å². The fourth-order valence-corrected chi connectivity index (χ4v) is 4.38. The Morgan fingerprint density at radius 1 is 0.667 bits per heavy atom. The molecule has 2 nitrogen and oxygen atoms in total. The van der Waals surface area contributed by atoms with Crippen molar-refractivity contribution >= 4 is 71.2 Å². The van der Waals surface area contributed by atoms with E-state index in [0.29, 0.717) is 0 Å². The van der Waals surface area contributed by atoms with Gasteiger partial charge in [0.1, 0.15) is 38.4 Å². The maximum absolute atomic E-state index is 5.99. The Kier molecular flexibility index (Phi) is 3.05. The normalized spacial score (nSPS) is 11.7. The van der Waals surface area contributed by atoms with Crippen LogP contribution in [0.1, 0.15) is 0 Å². The fraction of sp³-hybridized carbons (Fsp3) is 0. The van der Waals surface area contributed by atoms with Crippen LogP contribution in [-0.4, -0.2) is 15.7 Å². The van der Waals surface area contributed by atoms with E-state index in [4.69, 9.17) is 24.5 Å². The monoisotopic (exact) mass is 342 g/mol. The molecular formula is C18H8B2O2S2. The Morgan fingerprint density at radius 3 is 1.50 bits per heavy atom. The van der Waals surface area contributed by atoms with E-state index in [1.807, 2.05) is 47.2 Å². The highest BCUT2D eigenvalue weighted by molar-refractivity contribution is 7.15. The molecule has 0 N–H and O–H groups in total. The number of hydrogen-bond acceptors (Lipinski definition) is 4. The molecule has 0 amide bonds. The van der Waals surface area contributed by atoms with Crippen LogP contribution in [0, 0.1) is 0 Å². The van der Waals surface area contributed by atoms with Crippen molar-refractivity contribution in [1.29, 1.82) is 0 Å². The minimum Gasteiger partial charge on any atom is -0.455 e. The third-order valence-electron chi connectivity index (χ3n) is 3.99. The van der Waals surface area contributed by atoms with Crippen molar-refractivity contribution < 1.29 is 8.83 Å². The molecule has 1 aromatic carbocycles. The van der Waals surface area contributed by atoms with Gasteiger partial charge in [-0.1, -0.05) is 23.1 Å². The number of furan rings is 2. The van der Waals surface area contributed by atoms with Crippen molar-refractivity contribution in [1.82, 2.24) is 0 Å². The minimum absolute atomic E-state index is 0.734. The average molecular weight is 342 g/mol. The van der Waals surface area contributed by atoms with Gasteiger partial charge in [0.2, 0.25) is 0 Å². The predicted molar refractivity (Wildman–Crippen MR) is 103 cm³/mol. The second-order valence-electron chi connectivity index (χ2n) is 5.56. The number of rotatable bonds is 2. The van der Waals surface area contributed by atoms with Crippen LogP contribution >= 0.6 is 22.7 Å². The summed E-state index contributed by atoms with van der Waals surface area (Å²) in [7, 11) is 12.0.